The average molecular weight is 736 g/mol. The second kappa shape index (κ2) is 15.9. The van der Waals surface area contributed by atoms with Gasteiger partial charge in [-0.1, -0.05) is 66.9 Å². The van der Waals surface area contributed by atoms with E-state index in [4.69, 9.17) is 0 Å². The number of carbonyl (C=O) groups is 5. The molecule has 4 N–H and O–H groups in total. The number of nitrogens with zero attached hydrogens (tertiary/aromatic N) is 3. The lowest BCUT2D eigenvalue weighted by Crippen LogP contribution is -2.61. The third kappa shape index (κ3) is 8.78. The lowest BCUT2D eigenvalue weighted by atomic mass is 9.83. The van der Waals surface area contributed by atoms with E-state index >= 15 is 0 Å². The summed E-state index contributed by atoms with van der Waals surface area (Å²) < 4.78 is 29.4. The minimum absolute atomic E-state index is 0.0720. The molecule has 1 unspecified atom stereocenters. The Morgan fingerprint density at radius 3 is 2.18 bits per heavy atom. The maximum Gasteiger partial charge on any atom is 0.315 e. The van der Waals surface area contributed by atoms with Crippen molar-refractivity contribution in [2.75, 3.05) is 32.7 Å². The predicted molar refractivity (Wildman–Crippen MR) is 194 cm³/mol. The summed E-state index contributed by atoms with van der Waals surface area (Å²) in [5.41, 5.74) is -0.707. The van der Waals surface area contributed by atoms with Crippen molar-refractivity contribution in [3.63, 3.8) is 0 Å². The van der Waals surface area contributed by atoms with Crippen LogP contribution in [0.1, 0.15) is 93.9 Å². The van der Waals surface area contributed by atoms with Gasteiger partial charge in [-0.05, 0) is 61.7 Å². The summed E-state index contributed by atoms with van der Waals surface area (Å²) in [6, 6.07) is -4.13. The standard InChI is InChI=1S/C36H61N7O7S/c1-10-17-37-32(46)30(44)25(11-2)38-31(45)29-27-24(36(27,8)9)20-42(29)33(47)28(23-15-13-12-14-16-23)40-34(48)39-26(35(5,6)7)21-41-18-19-43(22(3)4)51(41,49)50/h10,22-29H,1,11-21H2,2-9H3,(H,37,46)(H,38,45)(H2,39,40,48)/t24-,25?,26+,27-,28-,29-/m0/s1. The number of hydrogen-bond acceptors (Lipinski definition) is 7. The minimum Gasteiger partial charge on any atom is -0.346 e. The van der Waals surface area contributed by atoms with E-state index in [0.717, 1.165) is 32.1 Å². The fourth-order valence-electron chi connectivity index (χ4n) is 8.24. The summed E-state index contributed by atoms with van der Waals surface area (Å²) in [5, 5.41) is 11.2. The van der Waals surface area contributed by atoms with Crippen molar-refractivity contribution in [2.45, 2.75) is 124 Å². The largest absolute Gasteiger partial charge is 0.346 e. The van der Waals surface area contributed by atoms with Crippen LogP contribution in [0, 0.1) is 28.6 Å². The van der Waals surface area contributed by atoms with Gasteiger partial charge < -0.3 is 26.2 Å². The van der Waals surface area contributed by atoms with Gasteiger partial charge in [-0.3, -0.25) is 19.2 Å². The number of carbonyl (C=O) groups excluding carboxylic acids is 5. The van der Waals surface area contributed by atoms with Gasteiger partial charge in [-0.15, -0.1) is 6.58 Å². The summed E-state index contributed by atoms with van der Waals surface area (Å²) in [4.78, 5) is 69.3. The molecule has 2 aliphatic carbocycles. The molecule has 6 atom stereocenters. The Morgan fingerprint density at radius 2 is 1.63 bits per heavy atom. The molecule has 4 fully saturated rings. The molecule has 0 bridgehead atoms. The van der Waals surface area contributed by atoms with Crippen molar-refractivity contribution in [2.24, 2.45) is 28.6 Å². The van der Waals surface area contributed by atoms with Gasteiger partial charge in [0.25, 0.3) is 16.1 Å². The second-order valence-electron chi connectivity index (χ2n) is 16.7. The van der Waals surface area contributed by atoms with Crippen LogP contribution in [-0.4, -0.2) is 114 Å². The van der Waals surface area contributed by atoms with Crippen LogP contribution in [0.15, 0.2) is 12.7 Å². The highest BCUT2D eigenvalue weighted by Gasteiger charge is 2.69. The molecular formula is C36H61N7O7S. The highest BCUT2D eigenvalue weighted by molar-refractivity contribution is 7.87. The van der Waals surface area contributed by atoms with Crippen molar-refractivity contribution in [1.82, 2.24) is 34.8 Å². The first-order chi connectivity index (χ1) is 23.8. The zero-order chi connectivity index (χ0) is 38.1. The van der Waals surface area contributed by atoms with Crippen molar-refractivity contribution < 1.29 is 32.4 Å². The molecule has 15 heteroatoms. The number of nitrogens with one attached hydrogen (secondary N) is 4. The molecule has 288 valence electrons. The minimum atomic E-state index is -3.68. The van der Waals surface area contributed by atoms with Crippen LogP contribution in [0.5, 0.6) is 0 Å². The van der Waals surface area contributed by atoms with Crippen LogP contribution >= 0.6 is 0 Å². The molecule has 0 aromatic carbocycles. The first-order valence-electron chi connectivity index (χ1n) is 18.6. The summed E-state index contributed by atoms with van der Waals surface area (Å²) >= 11 is 0. The zero-order valence-electron chi connectivity index (χ0n) is 31.8. The highest BCUT2D eigenvalue weighted by Crippen LogP contribution is 2.65. The quantitative estimate of drug-likeness (QED) is 0.156. The fourth-order valence-corrected chi connectivity index (χ4v) is 10.0. The Balaban J connectivity index is 1.54. The Bertz CT molecular complexity index is 1450. The Labute approximate surface area is 304 Å². The second-order valence-corrected chi connectivity index (χ2v) is 18.6. The number of ketones is 1. The maximum atomic E-state index is 14.6. The van der Waals surface area contributed by atoms with Gasteiger partial charge in [0.1, 0.15) is 12.1 Å². The van der Waals surface area contributed by atoms with Gasteiger partial charge in [-0.25, -0.2) is 4.79 Å². The highest BCUT2D eigenvalue weighted by atomic mass is 32.2. The van der Waals surface area contributed by atoms with Crippen molar-refractivity contribution in [3.05, 3.63) is 12.7 Å². The normalized spacial score (nSPS) is 26.5. The molecule has 2 heterocycles. The number of likely N-dealkylation sites (tertiary alicyclic amines) is 1. The van der Waals surface area contributed by atoms with Crippen LogP contribution in [0.3, 0.4) is 0 Å². The maximum absolute atomic E-state index is 14.6. The average Bonchev–Trinajstić information content (AvgIpc) is 3.34. The van der Waals surface area contributed by atoms with Crippen molar-refractivity contribution in [1.29, 1.82) is 0 Å². The molecule has 0 aromatic heterocycles. The van der Waals surface area contributed by atoms with E-state index in [0.29, 0.717) is 19.6 Å². The van der Waals surface area contributed by atoms with Crippen LogP contribution in [0.4, 0.5) is 4.79 Å². The molecule has 0 radical (unpaired) electrons. The molecule has 5 amide bonds. The number of amides is 5. The van der Waals surface area contributed by atoms with Crippen molar-refractivity contribution in [3.8, 4) is 0 Å². The predicted octanol–water partition coefficient (Wildman–Crippen LogP) is 2.17. The first kappa shape index (κ1) is 40.7. The lowest BCUT2D eigenvalue weighted by Gasteiger charge is -2.38. The van der Waals surface area contributed by atoms with Gasteiger partial charge in [0.2, 0.25) is 17.6 Å². The van der Waals surface area contributed by atoms with Crippen LogP contribution in [-0.2, 0) is 29.4 Å². The van der Waals surface area contributed by atoms with E-state index < -0.39 is 63.4 Å². The number of piperidine rings is 1. The zero-order valence-corrected chi connectivity index (χ0v) is 32.6. The third-order valence-electron chi connectivity index (χ3n) is 11.6. The fraction of sp³-hybridized carbons (Fsp3) is 0.806. The molecule has 0 spiro atoms. The molecule has 2 saturated carbocycles. The van der Waals surface area contributed by atoms with E-state index in [1.165, 1.54) is 14.7 Å². The van der Waals surface area contributed by atoms with Gasteiger partial charge >= 0.3 is 6.03 Å². The molecule has 4 rings (SSSR count). The van der Waals surface area contributed by atoms with E-state index in [1.54, 1.807) is 11.8 Å². The third-order valence-corrected chi connectivity index (χ3v) is 13.8. The molecule has 14 nitrogen and oxygen atoms in total. The van der Waals surface area contributed by atoms with Crippen LogP contribution in [0.2, 0.25) is 0 Å². The Kier molecular flexibility index (Phi) is 12.7. The molecular weight excluding hydrogens is 675 g/mol. The summed E-state index contributed by atoms with van der Waals surface area (Å²) in [5.74, 6) is -2.61. The SMILES string of the molecule is C=CCNC(=O)C(=O)C(CC)NC(=O)[C@@H]1[C@@H]2[C@H](CN1C(=O)[C@@H](NC(=O)N[C@H](CN1CCN(C(C)C)S1(=O)=O)C(C)(C)C)C1CCCCC1)C2(C)C. The lowest BCUT2D eigenvalue weighted by molar-refractivity contribution is -0.144. The molecule has 2 aliphatic heterocycles. The number of fused-ring (bicyclic) bond motifs is 1. The number of Topliss-reactive ketones (excluding diaryl/α,β-unsaturated/α-hetero) is 1. The van der Waals surface area contributed by atoms with E-state index in [2.05, 4.69) is 41.7 Å². The van der Waals surface area contributed by atoms with Crippen LogP contribution in [0.25, 0.3) is 0 Å². The smallest absolute Gasteiger partial charge is 0.315 e. The van der Waals surface area contributed by atoms with Gasteiger partial charge in [0.05, 0.1) is 6.04 Å². The summed E-state index contributed by atoms with van der Waals surface area (Å²) in [7, 11) is -3.68. The molecule has 51 heavy (non-hydrogen) atoms. The van der Waals surface area contributed by atoms with Gasteiger partial charge in [0, 0.05) is 44.8 Å². The van der Waals surface area contributed by atoms with Crippen LogP contribution < -0.4 is 21.3 Å². The van der Waals surface area contributed by atoms with Gasteiger partial charge in [0.15, 0.2) is 0 Å². The number of urea groups is 1. The Morgan fingerprint density at radius 1 is 0.980 bits per heavy atom. The van der Waals surface area contributed by atoms with E-state index in [9.17, 15) is 32.4 Å². The topological polar surface area (TPSA) is 177 Å². The van der Waals surface area contributed by atoms with E-state index in [-0.39, 0.29) is 54.6 Å². The molecule has 2 saturated heterocycles. The Hall–Kier alpha value is -3.04. The number of rotatable bonds is 14. The van der Waals surface area contributed by atoms with Crippen molar-refractivity contribution >= 4 is 39.7 Å². The summed E-state index contributed by atoms with van der Waals surface area (Å²) in [6.07, 6.45) is 6.00. The van der Waals surface area contributed by atoms with Gasteiger partial charge in [-0.2, -0.15) is 17.0 Å². The molecule has 0 aromatic rings. The van der Waals surface area contributed by atoms with E-state index in [1.807, 2.05) is 34.6 Å². The first-order valence-corrected chi connectivity index (χ1v) is 20.0. The molecule has 4 aliphatic rings. The number of hydrogen-bond donors (Lipinski definition) is 4. The summed E-state index contributed by atoms with van der Waals surface area (Å²) in [6.45, 7) is 20.1. The monoisotopic (exact) mass is 735 g/mol.